The van der Waals surface area contributed by atoms with Crippen molar-refractivity contribution in [3.63, 3.8) is 0 Å². The second-order valence-electron chi connectivity index (χ2n) is 7.28. The summed E-state index contributed by atoms with van der Waals surface area (Å²) in [6.07, 6.45) is 0.504. The number of nitrogens with one attached hydrogen (secondary N) is 1. The molecule has 0 aliphatic carbocycles. The van der Waals surface area contributed by atoms with E-state index in [4.69, 9.17) is 4.74 Å². The molecule has 158 valence electrons. The monoisotopic (exact) mass is 478 g/mol. The molecule has 1 atom stereocenters. The van der Waals surface area contributed by atoms with Crippen LogP contribution in [0.3, 0.4) is 0 Å². The smallest absolute Gasteiger partial charge is 0.239 e. The molecule has 3 aromatic rings. The number of amides is 2. The van der Waals surface area contributed by atoms with Gasteiger partial charge < -0.3 is 15.0 Å². The highest BCUT2D eigenvalue weighted by molar-refractivity contribution is 9.10. The van der Waals surface area contributed by atoms with Gasteiger partial charge in [-0.3, -0.25) is 9.59 Å². The minimum Gasteiger partial charge on any atom is -0.491 e. The summed E-state index contributed by atoms with van der Waals surface area (Å²) in [6.45, 7) is 1.19. The predicted molar refractivity (Wildman–Crippen MR) is 125 cm³/mol. The number of nitrogens with zero attached hydrogens (tertiary/aromatic N) is 1. The Bertz CT molecular complexity index is 1070. The Morgan fingerprint density at radius 1 is 1.00 bits per heavy atom. The third kappa shape index (κ3) is 4.80. The van der Waals surface area contributed by atoms with Crippen molar-refractivity contribution in [2.24, 2.45) is 5.92 Å². The van der Waals surface area contributed by atoms with Crippen molar-refractivity contribution < 1.29 is 14.3 Å². The Kier molecular flexibility index (Phi) is 6.67. The molecule has 0 saturated carbocycles. The van der Waals surface area contributed by atoms with Crippen LogP contribution >= 0.6 is 15.9 Å². The fraction of sp³-hybridized carbons (Fsp3) is 0.200. The van der Waals surface area contributed by atoms with Crippen LogP contribution in [-0.4, -0.2) is 31.5 Å². The van der Waals surface area contributed by atoms with Crippen molar-refractivity contribution in [1.82, 2.24) is 5.32 Å². The van der Waals surface area contributed by atoms with Gasteiger partial charge in [0, 0.05) is 16.6 Å². The molecule has 6 heteroatoms. The van der Waals surface area contributed by atoms with Gasteiger partial charge >= 0.3 is 0 Å². The number of hydrogen-bond acceptors (Lipinski definition) is 3. The summed E-state index contributed by atoms with van der Waals surface area (Å²) in [5.74, 6) is -0.317. The van der Waals surface area contributed by atoms with E-state index >= 15 is 0 Å². The molecule has 1 fully saturated rings. The molecule has 1 aliphatic heterocycles. The topological polar surface area (TPSA) is 58.6 Å². The number of para-hydroxylation sites is 2. The highest BCUT2D eigenvalue weighted by Crippen LogP contribution is 2.32. The Hall–Kier alpha value is -3.12. The zero-order valence-corrected chi connectivity index (χ0v) is 18.5. The first-order valence-electron chi connectivity index (χ1n) is 10.3. The fourth-order valence-corrected chi connectivity index (χ4v) is 4.24. The molecular weight excluding hydrogens is 456 g/mol. The summed E-state index contributed by atoms with van der Waals surface area (Å²) in [7, 11) is 0. The van der Waals surface area contributed by atoms with Gasteiger partial charge in [-0.05, 0) is 46.1 Å². The maximum atomic E-state index is 12.8. The molecule has 1 heterocycles. The van der Waals surface area contributed by atoms with Crippen LogP contribution in [0, 0.1) is 5.92 Å². The lowest BCUT2D eigenvalue weighted by atomic mass is 10.1. The SMILES string of the molecule is O=C(NCCOc1ccccc1-c1ccccc1)C1CCN(c2ccccc2Br)C1=O. The van der Waals surface area contributed by atoms with Crippen molar-refractivity contribution in [3.05, 3.63) is 83.3 Å². The zero-order valence-electron chi connectivity index (χ0n) is 17.0. The minimum absolute atomic E-state index is 0.167. The van der Waals surface area contributed by atoms with E-state index in [1.807, 2.05) is 78.9 Å². The van der Waals surface area contributed by atoms with Gasteiger partial charge in [-0.15, -0.1) is 0 Å². The first-order valence-corrected chi connectivity index (χ1v) is 11.1. The summed E-state index contributed by atoms with van der Waals surface area (Å²) in [4.78, 5) is 27.0. The van der Waals surface area contributed by atoms with E-state index < -0.39 is 5.92 Å². The van der Waals surface area contributed by atoms with Crippen molar-refractivity contribution >= 4 is 33.4 Å². The third-order valence-corrected chi connectivity index (χ3v) is 5.97. The molecule has 1 N–H and O–H groups in total. The summed E-state index contributed by atoms with van der Waals surface area (Å²) in [5, 5.41) is 2.85. The number of carbonyl (C=O) groups excluding carboxylic acids is 2. The molecular formula is C25H23BrN2O3. The molecule has 1 aliphatic rings. The Balaban J connectivity index is 1.31. The number of anilines is 1. The van der Waals surface area contributed by atoms with Crippen LogP contribution in [0.15, 0.2) is 83.3 Å². The van der Waals surface area contributed by atoms with Crippen LogP contribution in [-0.2, 0) is 9.59 Å². The largest absolute Gasteiger partial charge is 0.491 e. The van der Waals surface area contributed by atoms with Crippen LogP contribution in [0.2, 0.25) is 0 Å². The summed E-state index contributed by atoms with van der Waals surface area (Å²) in [6, 6.07) is 25.4. The molecule has 2 amide bonds. The van der Waals surface area contributed by atoms with Gasteiger partial charge in [0.15, 0.2) is 0 Å². The lowest BCUT2D eigenvalue weighted by Gasteiger charge is -2.18. The molecule has 0 spiro atoms. The number of carbonyl (C=O) groups is 2. The second-order valence-corrected chi connectivity index (χ2v) is 8.14. The molecule has 0 bridgehead atoms. The number of halogens is 1. The standard InChI is InChI=1S/C25H23BrN2O3/c26-21-11-5-6-12-22(21)28-16-14-20(25(28)30)24(29)27-15-17-31-23-13-7-4-10-19(23)18-8-2-1-3-9-18/h1-13,20H,14-17H2,(H,27,29). The molecule has 0 radical (unpaired) electrons. The van der Waals surface area contributed by atoms with E-state index in [1.54, 1.807) is 4.90 Å². The van der Waals surface area contributed by atoms with E-state index in [1.165, 1.54) is 0 Å². The average molecular weight is 479 g/mol. The first kappa shape index (κ1) is 21.1. The van der Waals surface area contributed by atoms with Gasteiger partial charge in [0.1, 0.15) is 18.3 Å². The highest BCUT2D eigenvalue weighted by Gasteiger charge is 2.37. The number of benzene rings is 3. The van der Waals surface area contributed by atoms with Gasteiger partial charge in [-0.1, -0.05) is 60.7 Å². The zero-order chi connectivity index (χ0) is 21.6. The normalized spacial score (nSPS) is 15.7. The molecule has 1 saturated heterocycles. The van der Waals surface area contributed by atoms with Crippen molar-refractivity contribution in [2.45, 2.75) is 6.42 Å². The van der Waals surface area contributed by atoms with E-state index in [0.29, 0.717) is 26.1 Å². The molecule has 3 aromatic carbocycles. The third-order valence-electron chi connectivity index (χ3n) is 5.30. The van der Waals surface area contributed by atoms with E-state index in [-0.39, 0.29) is 11.8 Å². The molecule has 31 heavy (non-hydrogen) atoms. The molecule has 0 aromatic heterocycles. The number of hydrogen-bond donors (Lipinski definition) is 1. The van der Waals surface area contributed by atoms with Gasteiger partial charge in [-0.2, -0.15) is 0 Å². The average Bonchev–Trinajstić information content (AvgIpc) is 3.19. The van der Waals surface area contributed by atoms with Crippen LogP contribution in [0.1, 0.15) is 6.42 Å². The summed E-state index contributed by atoms with van der Waals surface area (Å²) in [5.41, 5.74) is 2.87. The fourth-order valence-electron chi connectivity index (χ4n) is 3.74. The molecule has 5 nitrogen and oxygen atoms in total. The number of ether oxygens (including phenoxy) is 1. The van der Waals surface area contributed by atoms with Gasteiger partial charge in [0.05, 0.1) is 12.2 Å². The van der Waals surface area contributed by atoms with Gasteiger partial charge in [0.2, 0.25) is 11.8 Å². The Morgan fingerprint density at radius 2 is 1.71 bits per heavy atom. The Morgan fingerprint density at radius 3 is 2.52 bits per heavy atom. The van der Waals surface area contributed by atoms with Crippen LogP contribution in [0.5, 0.6) is 5.75 Å². The first-order chi connectivity index (χ1) is 15.1. The minimum atomic E-state index is -0.663. The van der Waals surface area contributed by atoms with Gasteiger partial charge in [-0.25, -0.2) is 0 Å². The van der Waals surface area contributed by atoms with Gasteiger partial charge in [0.25, 0.3) is 0 Å². The predicted octanol–water partition coefficient (Wildman–Crippen LogP) is 4.66. The van der Waals surface area contributed by atoms with Crippen molar-refractivity contribution in [3.8, 4) is 16.9 Å². The van der Waals surface area contributed by atoms with Crippen LogP contribution in [0.25, 0.3) is 11.1 Å². The highest BCUT2D eigenvalue weighted by atomic mass is 79.9. The van der Waals surface area contributed by atoms with Crippen molar-refractivity contribution in [2.75, 3.05) is 24.6 Å². The summed E-state index contributed by atoms with van der Waals surface area (Å²) >= 11 is 3.48. The quantitative estimate of drug-likeness (QED) is 0.396. The summed E-state index contributed by atoms with van der Waals surface area (Å²) < 4.78 is 6.76. The van der Waals surface area contributed by atoms with Crippen LogP contribution in [0.4, 0.5) is 5.69 Å². The lowest BCUT2D eigenvalue weighted by molar-refractivity contribution is -0.132. The van der Waals surface area contributed by atoms with E-state index in [0.717, 1.165) is 27.0 Å². The number of rotatable bonds is 7. The maximum absolute atomic E-state index is 12.8. The maximum Gasteiger partial charge on any atom is 0.239 e. The molecule has 1 unspecified atom stereocenters. The van der Waals surface area contributed by atoms with E-state index in [9.17, 15) is 9.59 Å². The molecule has 4 rings (SSSR count). The Labute approximate surface area is 190 Å². The van der Waals surface area contributed by atoms with E-state index in [2.05, 4.69) is 21.2 Å². The van der Waals surface area contributed by atoms with Crippen LogP contribution < -0.4 is 15.0 Å². The lowest BCUT2D eigenvalue weighted by Crippen LogP contribution is -2.38. The van der Waals surface area contributed by atoms with Crippen molar-refractivity contribution in [1.29, 1.82) is 0 Å². The second kappa shape index (κ2) is 9.79.